The summed E-state index contributed by atoms with van der Waals surface area (Å²) in [6.07, 6.45) is 5.89. The van der Waals surface area contributed by atoms with Gasteiger partial charge in [0.25, 0.3) is 0 Å². The van der Waals surface area contributed by atoms with E-state index in [1.807, 2.05) is 54.3 Å². The van der Waals surface area contributed by atoms with Gasteiger partial charge in [0.05, 0.1) is 12.3 Å². The van der Waals surface area contributed by atoms with Gasteiger partial charge >= 0.3 is 6.03 Å². The smallest absolute Gasteiger partial charge is 0.315 e. The van der Waals surface area contributed by atoms with Gasteiger partial charge in [-0.25, -0.2) is 4.79 Å². The van der Waals surface area contributed by atoms with E-state index in [0.717, 1.165) is 37.1 Å². The fourth-order valence-corrected chi connectivity index (χ4v) is 3.58. The van der Waals surface area contributed by atoms with Crippen molar-refractivity contribution in [1.82, 2.24) is 15.5 Å². The molecule has 2 N–H and O–H groups in total. The third-order valence-corrected chi connectivity index (χ3v) is 5.05. The van der Waals surface area contributed by atoms with Crippen LogP contribution in [-0.4, -0.2) is 36.0 Å². The Morgan fingerprint density at radius 3 is 2.68 bits per heavy atom. The maximum Gasteiger partial charge on any atom is 0.315 e. The molecule has 6 nitrogen and oxygen atoms in total. The summed E-state index contributed by atoms with van der Waals surface area (Å²) in [5, 5.41) is 6.02. The number of carbonyl (C=O) groups is 2. The molecule has 0 saturated carbocycles. The molecule has 1 fully saturated rings. The van der Waals surface area contributed by atoms with Gasteiger partial charge in [0.2, 0.25) is 5.91 Å². The number of nitrogens with one attached hydrogen (secondary N) is 2. The van der Waals surface area contributed by atoms with E-state index in [1.165, 1.54) is 0 Å². The third-order valence-electron chi connectivity index (χ3n) is 5.05. The van der Waals surface area contributed by atoms with E-state index in [0.29, 0.717) is 19.4 Å². The molecule has 0 bridgehead atoms. The van der Waals surface area contributed by atoms with Gasteiger partial charge in [-0.3, -0.25) is 4.79 Å². The lowest BCUT2D eigenvalue weighted by molar-refractivity contribution is -0.131. The first-order chi connectivity index (χ1) is 13.6. The monoisotopic (exact) mass is 383 g/mol. The number of carbonyl (C=O) groups excluding carboxylic acids is 2. The molecule has 1 saturated heterocycles. The Hall–Kier alpha value is -2.76. The lowest BCUT2D eigenvalue weighted by Crippen LogP contribution is -2.46. The van der Waals surface area contributed by atoms with E-state index < -0.39 is 0 Å². The summed E-state index contributed by atoms with van der Waals surface area (Å²) in [5.74, 6) is 1.01. The summed E-state index contributed by atoms with van der Waals surface area (Å²) in [6.45, 7) is 3.18. The van der Waals surface area contributed by atoms with Crippen LogP contribution in [0.2, 0.25) is 0 Å². The lowest BCUT2D eigenvalue weighted by Gasteiger charge is -2.28. The van der Waals surface area contributed by atoms with Gasteiger partial charge in [-0.1, -0.05) is 36.8 Å². The van der Waals surface area contributed by atoms with E-state index in [9.17, 15) is 9.59 Å². The van der Waals surface area contributed by atoms with E-state index in [2.05, 4.69) is 10.6 Å². The highest BCUT2D eigenvalue weighted by Gasteiger charge is 2.23. The molecule has 1 aliphatic rings. The number of nitrogens with zero attached hydrogens (tertiary/aromatic N) is 1. The van der Waals surface area contributed by atoms with Crippen LogP contribution in [0, 0.1) is 0 Å². The summed E-state index contributed by atoms with van der Waals surface area (Å²) >= 11 is 0. The molecule has 6 heteroatoms. The first kappa shape index (κ1) is 20.0. The van der Waals surface area contributed by atoms with Crippen LogP contribution >= 0.6 is 0 Å². The average molecular weight is 383 g/mol. The fraction of sp³-hybridized carbons (Fsp3) is 0.455. The minimum absolute atomic E-state index is 0.0672. The second-order valence-corrected chi connectivity index (χ2v) is 7.42. The molecular weight excluding hydrogens is 354 g/mol. The highest BCUT2D eigenvalue weighted by atomic mass is 16.3. The largest absolute Gasteiger partial charge is 0.469 e. The molecule has 150 valence electrons. The van der Waals surface area contributed by atoms with Gasteiger partial charge in [0.15, 0.2) is 0 Å². The Kier molecular flexibility index (Phi) is 7.12. The van der Waals surface area contributed by atoms with E-state index >= 15 is 0 Å². The zero-order chi connectivity index (χ0) is 19.8. The number of hydrogen-bond acceptors (Lipinski definition) is 3. The Bertz CT molecular complexity index is 746. The number of hydrogen-bond donors (Lipinski definition) is 2. The Morgan fingerprint density at radius 1 is 1.11 bits per heavy atom. The summed E-state index contributed by atoms with van der Waals surface area (Å²) in [4.78, 5) is 26.9. The molecule has 2 heterocycles. The van der Waals surface area contributed by atoms with Crippen LogP contribution in [0.4, 0.5) is 4.79 Å². The third kappa shape index (κ3) is 5.87. The van der Waals surface area contributed by atoms with Crippen LogP contribution in [0.5, 0.6) is 0 Å². The second-order valence-electron chi connectivity index (χ2n) is 7.42. The lowest BCUT2D eigenvalue weighted by atomic mass is 10.1. The highest BCUT2D eigenvalue weighted by molar-refractivity contribution is 5.77. The van der Waals surface area contributed by atoms with Crippen LogP contribution in [0.25, 0.3) is 0 Å². The minimum Gasteiger partial charge on any atom is -0.469 e. The first-order valence-electron chi connectivity index (χ1n) is 10.0. The van der Waals surface area contributed by atoms with Gasteiger partial charge in [-0.15, -0.1) is 0 Å². The first-order valence-corrected chi connectivity index (χ1v) is 10.0. The number of amides is 3. The quantitative estimate of drug-likeness (QED) is 0.766. The van der Waals surface area contributed by atoms with Gasteiger partial charge in [-0.05, 0) is 37.5 Å². The molecule has 3 amide bonds. The number of benzene rings is 1. The Labute approximate surface area is 166 Å². The van der Waals surface area contributed by atoms with Gasteiger partial charge < -0.3 is 20.0 Å². The van der Waals surface area contributed by atoms with Crippen molar-refractivity contribution in [2.45, 2.75) is 51.1 Å². The van der Waals surface area contributed by atoms with Crippen molar-refractivity contribution in [1.29, 1.82) is 0 Å². The summed E-state index contributed by atoms with van der Waals surface area (Å²) in [6, 6.07) is 13.0. The standard InChI is InChI=1S/C22H29N3O3/c1-17(15-19-11-8-14-28-19)23-22(27)24-20(18-9-4-2-5-10-18)16-25-13-7-3-6-12-21(25)26/h2,4-5,8-11,14,17,20H,3,6-7,12-13,15-16H2,1H3,(H2,23,24,27). The molecule has 1 aromatic heterocycles. The van der Waals surface area contributed by atoms with Crippen molar-refractivity contribution >= 4 is 11.9 Å². The number of rotatable bonds is 7. The minimum atomic E-state index is -0.251. The predicted octanol–water partition coefficient (Wildman–Crippen LogP) is 3.65. The van der Waals surface area contributed by atoms with Crippen molar-refractivity contribution in [3.8, 4) is 0 Å². The van der Waals surface area contributed by atoms with Crippen LogP contribution in [0.15, 0.2) is 53.1 Å². The zero-order valence-corrected chi connectivity index (χ0v) is 16.4. The zero-order valence-electron chi connectivity index (χ0n) is 16.4. The second kappa shape index (κ2) is 9.97. The highest BCUT2D eigenvalue weighted by Crippen LogP contribution is 2.18. The molecule has 1 aromatic carbocycles. The van der Waals surface area contributed by atoms with Crippen LogP contribution < -0.4 is 10.6 Å². The van der Waals surface area contributed by atoms with Crippen molar-refractivity contribution < 1.29 is 14.0 Å². The number of likely N-dealkylation sites (tertiary alicyclic amines) is 1. The molecular formula is C22H29N3O3. The molecule has 0 aliphatic carbocycles. The molecule has 0 radical (unpaired) electrons. The normalized spacial score (nSPS) is 16.9. The summed E-state index contributed by atoms with van der Waals surface area (Å²) in [7, 11) is 0. The number of furan rings is 1. The van der Waals surface area contributed by atoms with Crippen molar-refractivity contribution in [2.75, 3.05) is 13.1 Å². The topological polar surface area (TPSA) is 74.6 Å². The fourth-order valence-electron chi connectivity index (χ4n) is 3.58. The maximum absolute atomic E-state index is 12.6. The van der Waals surface area contributed by atoms with Gasteiger partial charge in [0.1, 0.15) is 5.76 Å². The van der Waals surface area contributed by atoms with E-state index in [4.69, 9.17) is 4.42 Å². The predicted molar refractivity (Wildman–Crippen MR) is 108 cm³/mol. The van der Waals surface area contributed by atoms with Crippen molar-refractivity contribution in [2.24, 2.45) is 0 Å². The van der Waals surface area contributed by atoms with E-state index in [1.54, 1.807) is 6.26 Å². The van der Waals surface area contributed by atoms with Crippen molar-refractivity contribution in [3.05, 3.63) is 60.1 Å². The van der Waals surface area contributed by atoms with E-state index in [-0.39, 0.29) is 24.0 Å². The van der Waals surface area contributed by atoms with Gasteiger partial charge in [-0.2, -0.15) is 0 Å². The van der Waals surface area contributed by atoms with Crippen LogP contribution in [0.1, 0.15) is 50.0 Å². The maximum atomic E-state index is 12.6. The average Bonchev–Trinajstić information content (AvgIpc) is 3.10. The molecule has 2 unspecified atom stereocenters. The van der Waals surface area contributed by atoms with Crippen molar-refractivity contribution in [3.63, 3.8) is 0 Å². The molecule has 28 heavy (non-hydrogen) atoms. The molecule has 3 rings (SSSR count). The molecule has 1 aliphatic heterocycles. The Balaban J connectivity index is 1.63. The van der Waals surface area contributed by atoms with Gasteiger partial charge in [0, 0.05) is 32.0 Å². The molecule has 2 aromatic rings. The SMILES string of the molecule is CC(Cc1ccco1)NC(=O)NC(CN1CCCCCC1=O)c1ccccc1. The van der Waals surface area contributed by atoms with Crippen LogP contribution in [0.3, 0.4) is 0 Å². The number of urea groups is 1. The summed E-state index contributed by atoms with van der Waals surface area (Å²) < 4.78 is 5.34. The molecule has 2 atom stereocenters. The molecule has 0 spiro atoms. The Morgan fingerprint density at radius 2 is 1.93 bits per heavy atom. The summed E-state index contributed by atoms with van der Waals surface area (Å²) in [5.41, 5.74) is 0.994. The van der Waals surface area contributed by atoms with Crippen LogP contribution in [-0.2, 0) is 11.2 Å².